The molecule has 0 spiro atoms. The Morgan fingerprint density at radius 1 is 1.28 bits per heavy atom. The van der Waals surface area contributed by atoms with E-state index in [9.17, 15) is 5.11 Å². The quantitative estimate of drug-likeness (QED) is 0.870. The van der Waals surface area contributed by atoms with Gasteiger partial charge < -0.3 is 9.67 Å². The lowest BCUT2D eigenvalue weighted by Crippen LogP contribution is -2.07. The molecular weight excluding hydrogens is 222 g/mol. The zero-order valence-corrected chi connectivity index (χ0v) is 11.0. The Labute approximate surface area is 108 Å². The number of para-hydroxylation sites is 1. The van der Waals surface area contributed by atoms with Crippen LogP contribution in [-0.2, 0) is 0 Å². The van der Waals surface area contributed by atoms with Gasteiger partial charge in [0.15, 0.2) is 0 Å². The topological polar surface area (TPSA) is 25.2 Å². The molecule has 1 N–H and O–H groups in total. The summed E-state index contributed by atoms with van der Waals surface area (Å²) in [5, 5.41) is 10.7. The van der Waals surface area contributed by atoms with Crippen molar-refractivity contribution in [2.24, 2.45) is 0 Å². The normalized spacial score (nSPS) is 18.6. The number of aliphatic hydroxyl groups excluding tert-OH is 1. The number of nitrogens with zero attached hydrogens (tertiary/aromatic N) is 1. The standard InChI is InChI=1S/C16H21NO/c1-12(11-18)15-8-4-5-13-9-10-17(16(13)15)14-6-2-3-7-14/h4-5,8-10,12,14,18H,2-3,6-7,11H2,1H3. The van der Waals surface area contributed by atoms with E-state index in [4.69, 9.17) is 0 Å². The van der Waals surface area contributed by atoms with Gasteiger partial charge in [0.25, 0.3) is 0 Å². The number of fused-ring (bicyclic) bond motifs is 1. The van der Waals surface area contributed by atoms with Crippen LogP contribution < -0.4 is 0 Å². The van der Waals surface area contributed by atoms with Gasteiger partial charge >= 0.3 is 0 Å². The third kappa shape index (κ3) is 1.85. The molecule has 1 atom stereocenters. The first-order valence-corrected chi connectivity index (χ1v) is 7.01. The zero-order chi connectivity index (χ0) is 12.5. The fourth-order valence-corrected chi connectivity index (χ4v) is 3.23. The summed E-state index contributed by atoms with van der Waals surface area (Å²) in [6.45, 7) is 2.32. The van der Waals surface area contributed by atoms with Gasteiger partial charge in [0.1, 0.15) is 0 Å². The van der Waals surface area contributed by atoms with E-state index >= 15 is 0 Å². The summed E-state index contributed by atoms with van der Waals surface area (Å²) in [4.78, 5) is 0. The monoisotopic (exact) mass is 243 g/mol. The molecule has 1 aliphatic carbocycles. The van der Waals surface area contributed by atoms with E-state index in [2.05, 4.69) is 42.0 Å². The molecule has 0 amide bonds. The van der Waals surface area contributed by atoms with E-state index in [0.717, 1.165) is 0 Å². The minimum atomic E-state index is 0.212. The maximum absolute atomic E-state index is 9.43. The molecule has 1 unspecified atom stereocenters. The van der Waals surface area contributed by atoms with Crippen molar-refractivity contribution in [2.45, 2.75) is 44.6 Å². The molecule has 0 saturated heterocycles. The molecular formula is C16H21NO. The van der Waals surface area contributed by atoms with Gasteiger partial charge in [-0.1, -0.05) is 38.0 Å². The molecule has 1 aromatic carbocycles. The minimum absolute atomic E-state index is 0.212. The number of aliphatic hydroxyl groups is 1. The second-order valence-corrected chi connectivity index (χ2v) is 5.53. The van der Waals surface area contributed by atoms with Gasteiger partial charge in [-0.2, -0.15) is 0 Å². The van der Waals surface area contributed by atoms with Crippen molar-refractivity contribution in [1.29, 1.82) is 0 Å². The molecule has 0 bridgehead atoms. The molecule has 0 aliphatic heterocycles. The number of benzene rings is 1. The maximum Gasteiger partial charge on any atom is 0.0519 e. The summed E-state index contributed by atoms with van der Waals surface area (Å²) in [7, 11) is 0. The Morgan fingerprint density at radius 2 is 2.06 bits per heavy atom. The summed E-state index contributed by atoms with van der Waals surface area (Å²) in [5.74, 6) is 0.212. The molecule has 2 heteroatoms. The first-order valence-electron chi connectivity index (χ1n) is 7.01. The van der Waals surface area contributed by atoms with Gasteiger partial charge in [-0.05, 0) is 29.9 Å². The molecule has 1 fully saturated rings. The van der Waals surface area contributed by atoms with Crippen molar-refractivity contribution < 1.29 is 5.11 Å². The highest BCUT2D eigenvalue weighted by atomic mass is 16.3. The van der Waals surface area contributed by atoms with Crippen molar-refractivity contribution in [3.05, 3.63) is 36.0 Å². The molecule has 2 nitrogen and oxygen atoms in total. The molecule has 1 saturated carbocycles. The van der Waals surface area contributed by atoms with Gasteiger partial charge in [0.05, 0.1) is 5.52 Å². The molecule has 1 heterocycles. The highest BCUT2D eigenvalue weighted by Crippen LogP contribution is 2.35. The predicted octanol–water partition coefficient (Wildman–Crippen LogP) is 3.85. The van der Waals surface area contributed by atoms with Crippen LogP contribution in [0.4, 0.5) is 0 Å². The van der Waals surface area contributed by atoms with Gasteiger partial charge in [0.2, 0.25) is 0 Å². The lowest BCUT2D eigenvalue weighted by atomic mass is 9.99. The lowest BCUT2D eigenvalue weighted by molar-refractivity contribution is 0.273. The van der Waals surface area contributed by atoms with Crippen LogP contribution >= 0.6 is 0 Å². The summed E-state index contributed by atoms with van der Waals surface area (Å²) in [6.07, 6.45) is 7.52. The van der Waals surface area contributed by atoms with Crippen LogP contribution in [0.5, 0.6) is 0 Å². The third-order valence-electron chi connectivity index (χ3n) is 4.29. The number of aromatic nitrogens is 1. The summed E-state index contributed by atoms with van der Waals surface area (Å²) in [5.41, 5.74) is 2.62. The van der Waals surface area contributed by atoms with Crippen LogP contribution in [-0.4, -0.2) is 16.3 Å². The smallest absolute Gasteiger partial charge is 0.0519 e. The third-order valence-corrected chi connectivity index (χ3v) is 4.29. The second-order valence-electron chi connectivity index (χ2n) is 5.53. The Morgan fingerprint density at radius 3 is 2.78 bits per heavy atom. The first kappa shape index (κ1) is 11.8. The van der Waals surface area contributed by atoms with Crippen LogP contribution in [0.15, 0.2) is 30.5 Å². The number of hydrogen-bond acceptors (Lipinski definition) is 1. The maximum atomic E-state index is 9.43. The van der Waals surface area contributed by atoms with Gasteiger partial charge in [-0.3, -0.25) is 0 Å². The molecule has 96 valence electrons. The fourth-order valence-electron chi connectivity index (χ4n) is 3.23. The highest BCUT2D eigenvalue weighted by molar-refractivity contribution is 5.84. The van der Waals surface area contributed by atoms with Crippen molar-refractivity contribution in [3.8, 4) is 0 Å². The van der Waals surface area contributed by atoms with Crippen LogP contribution in [0.3, 0.4) is 0 Å². The summed E-state index contributed by atoms with van der Waals surface area (Å²) in [6, 6.07) is 9.31. The molecule has 0 radical (unpaired) electrons. The average Bonchev–Trinajstić information content (AvgIpc) is 3.05. The minimum Gasteiger partial charge on any atom is -0.396 e. The molecule has 1 aliphatic rings. The van der Waals surface area contributed by atoms with Crippen molar-refractivity contribution in [1.82, 2.24) is 4.57 Å². The largest absolute Gasteiger partial charge is 0.396 e. The van der Waals surface area contributed by atoms with E-state index in [-0.39, 0.29) is 12.5 Å². The predicted molar refractivity (Wildman–Crippen MR) is 74.9 cm³/mol. The fraction of sp³-hybridized carbons (Fsp3) is 0.500. The molecule has 1 aromatic heterocycles. The van der Waals surface area contributed by atoms with Gasteiger partial charge in [-0.25, -0.2) is 0 Å². The van der Waals surface area contributed by atoms with E-state index < -0.39 is 0 Å². The Kier molecular flexibility index (Phi) is 3.13. The second kappa shape index (κ2) is 4.77. The van der Waals surface area contributed by atoms with Crippen LogP contribution in [0.1, 0.15) is 50.1 Å². The van der Waals surface area contributed by atoms with E-state index in [1.165, 1.54) is 42.1 Å². The summed E-state index contributed by atoms with van der Waals surface area (Å²) >= 11 is 0. The molecule has 2 aromatic rings. The zero-order valence-electron chi connectivity index (χ0n) is 11.0. The Bertz CT molecular complexity index is 537. The number of rotatable bonds is 3. The van der Waals surface area contributed by atoms with Crippen molar-refractivity contribution in [3.63, 3.8) is 0 Å². The van der Waals surface area contributed by atoms with Crippen LogP contribution in [0.2, 0.25) is 0 Å². The van der Waals surface area contributed by atoms with Gasteiger partial charge in [0, 0.05) is 24.8 Å². The SMILES string of the molecule is CC(CO)c1cccc2ccn(C3CCCC3)c12. The Hall–Kier alpha value is -1.28. The number of hydrogen-bond donors (Lipinski definition) is 1. The average molecular weight is 243 g/mol. The first-order chi connectivity index (χ1) is 8.81. The van der Waals surface area contributed by atoms with E-state index in [0.29, 0.717) is 6.04 Å². The summed E-state index contributed by atoms with van der Waals surface area (Å²) < 4.78 is 2.45. The van der Waals surface area contributed by atoms with Crippen LogP contribution in [0, 0.1) is 0 Å². The van der Waals surface area contributed by atoms with E-state index in [1.807, 2.05) is 0 Å². The van der Waals surface area contributed by atoms with Crippen LogP contribution in [0.25, 0.3) is 10.9 Å². The highest BCUT2D eigenvalue weighted by Gasteiger charge is 2.20. The molecule has 18 heavy (non-hydrogen) atoms. The lowest BCUT2D eigenvalue weighted by Gasteiger charge is -2.18. The Balaban J connectivity index is 2.14. The van der Waals surface area contributed by atoms with Crippen molar-refractivity contribution in [2.75, 3.05) is 6.61 Å². The van der Waals surface area contributed by atoms with Gasteiger partial charge in [-0.15, -0.1) is 0 Å². The van der Waals surface area contributed by atoms with E-state index in [1.54, 1.807) is 0 Å². The molecule has 3 rings (SSSR count). The van der Waals surface area contributed by atoms with Crippen molar-refractivity contribution >= 4 is 10.9 Å².